The SMILES string of the molecule is O=C1/C(=C\Nc2cccc(C(F)(F)F)c2)C(c2ccccc2)c2cccc(F)c21. The Morgan fingerprint density at radius 2 is 1.62 bits per heavy atom. The Labute approximate surface area is 164 Å². The molecule has 0 amide bonds. The number of hydrogen-bond donors (Lipinski definition) is 1. The number of Topliss-reactive ketones (excluding diaryl/α,β-unsaturated/α-hetero) is 1. The lowest BCUT2D eigenvalue weighted by molar-refractivity contribution is -0.137. The third kappa shape index (κ3) is 3.53. The van der Waals surface area contributed by atoms with Crippen molar-refractivity contribution in [2.75, 3.05) is 5.32 Å². The van der Waals surface area contributed by atoms with E-state index in [-0.39, 0.29) is 16.8 Å². The molecule has 0 saturated carbocycles. The molecular formula is C23H15F4NO. The summed E-state index contributed by atoms with van der Waals surface area (Å²) in [5.41, 5.74) is 0.990. The number of ketones is 1. The first-order valence-electron chi connectivity index (χ1n) is 8.88. The average Bonchev–Trinajstić information content (AvgIpc) is 2.99. The Morgan fingerprint density at radius 3 is 2.34 bits per heavy atom. The molecule has 0 radical (unpaired) electrons. The summed E-state index contributed by atoms with van der Waals surface area (Å²) in [4.78, 5) is 12.9. The topological polar surface area (TPSA) is 29.1 Å². The van der Waals surface area contributed by atoms with Gasteiger partial charge in [0.1, 0.15) is 5.82 Å². The van der Waals surface area contributed by atoms with Gasteiger partial charge in [-0.25, -0.2) is 4.39 Å². The molecule has 3 aromatic rings. The Morgan fingerprint density at radius 1 is 0.897 bits per heavy atom. The molecule has 0 fully saturated rings. The van der Waals surface area contributed by atoms with Crippen molar-refractivity contribution in [3.8, 4) is 0 Å². The molecular weight excluding hydrogens is 382 g/mol. The second kappa shape index (κ2) is 7.20. The maximum Gasteiger partial charge on any atom is 0.416 e. The van der Waals surface area contributed by atoms with Crippen molar-refractivity contribution < 1.29 is 22.4 Å². The van der Waals surface area contributed by atoms with E-state index in [9.17, 15) is 22.4 Å². The van der Waals surface area contributed by atoms with Crippen LogP contribution in [0, 0.1) is 5.82 Å². The fourth-order valence-corrected chi connectivity index (χ4v) is 3.56. The number of halogens is 4. The molecule has 29 heavy (non-hydrogen) atoms. The number of rotatable bonds is 3. The van der Waals surface area contributed by atoms with Crippen LogP contribution in [0.4, 0.5) is 23.2 Å². The van der Waals surface area contributed by atoms with Crippen molar-refractivity contribution >= 4 is 11.5 Å². The van der Waals surface area contributed by atoms with E-state index >= 15 is 0 Å². The second-order valence-corrected chi connectivity index (χ2v) is 6.70. The molecule has 0 spiro atoms. The molecule has 0 saturated heterocycles. The largest absolute Gasteiger partial charge is 0.416 e. The zero-order valence-electron chi connectivity index (χ0n) is 15.0. The predicted octanol–water partition coefficient (Wildman–Crippen LogP) is 6.17. The highest BCUT2D eigenvalue weighted by Gasteiger charge is 2.37. The normalized spacial score (nSPS) is 17.4. The molecule has 0 bridgehead atoms. The van der Waals surface area contributed by atoms with Gasteiger partial charge < -0.3 is 5.32 Å². The average molecular weight is 397 g/mol. The molecule has 146 valence electrons. The predicted molar refractivity (Wildman–Crippen MR) is 102 cm³/mol. The highest BCUT2D eigenvalue weighted by Crippen LogP contribution is 2.43. The van der Waals surface area contributed by atoms with Crippen LogP contribution in [0.25, 0.3) is 0 Å². The number of hydrogen-bond acceptors (Lipinski definition) is 2. The highest BCUT2D eigenvalue weighted by molar-refractivity contribution is 6.15. The van der Waals surface area contributed by atoms with Crippen LogP contribution in [0.1, 0.15) is 33.0 Å². The third-order valence-corrected chi connectivity index (χ3v) is 4.87. The lowest BCUT2D eigenvalue weighted by Crippen LogP contribution is -2.07. The summed E-state index contributed by atoms with van der Waals surface area (Å²) in [6.45, 7) is 0. The van der Waals surface area contributed by atoms with Crippen molar-refractivity contribution in [3.05, 3.63) is 113 Å². The number of alkyl halides is 3. The summed E-state index contributed by atoms with van der Waals surface area (Å²) in [5, 5.41) is 2.78. The standard InChI is InChI=1S/C23H15F4NO/c24-19-11-5-10-17-20(14-6-2-1-3-7-14)18(22(29)21(17)19)13-28-16-9-4-8-15(12-16)23(25,26)27/h1-13,20,28H/b18-13-. The Bertz CT molecular complexity index is 1100. The first-order chi connectivity index (χ1) is 13.9. The van der Waals surface area contributed by atoms with Crippen LogP contribution in [0.5, 0.6) is 0 Å². The maximum atomic E-state index is 14.4. The van der Waals surface area contributed by atoms with Crippen LogP contribution in [-0.4, -0.2) is 5.78 Å². The van der Waals surface area contributed by atoms with E-state index in [1.165, 1.54) is 24.4 Å². The van der Waals surface area contributed by atoms with Gasteiger partial charge in [-0.15, -0.1) is 0 Å². The van der Waals surface area contributed by atoms with Crippen molar-refractivity contribution in [2.24, 2.45) is 0 Å². The third-order valence-electron chi connectivity index (χ3n) is 4.87. The van der Waals surface area contributed by atoms with Crippen LogP contribution in [-0.2, 0) is 6.18 Å². The monoisotopic (exact) mass is 397 g/mol. The fraction of sp³-hybridized carbons (Fsp3) is 0.0870. The summed E-state index contributed by atoms with van der Waals surface area (Å²) >= 11 is 0. The van der Waals surface area contributed by atoms with Gasteiger partial charge in [0.2, 0.25) is 0 Å². The van der Waals surface area contributed by atoms with Gasteiger partial charge in [0, 0.05) is 23.4 Å². The van der Waals surface area contributed by atoms with E-state index in [0.717, 1.165) is 17.7 Å². The molecule has 6 heteroatoms. The van der Waals surface area contributed by atoms with Gasteiger partial charge in [-0.05, 0) is 35.4 Å². The molecule has 4 rings (SSSR count). The van der Waals surface area contributed by atoms with E-state index in [4.69, 9.17) is 0 Å². The van der Waals surface area contributed by atoms with Crippen molar-refractivity contribution in [1.29, 1.82) is 0 Å². The van der Waals surface area contributed by atoms with Crippen LogP contribution < -0.4 is 5.32 Å². The smallest absolute Gasteiger partial charge is 0.361 e. The zero-order chi connectivity index (χ0) is 20.6. The summed E-state index contributed by atoms with van der Waals surface area (Å²) in [6.07, 6.45) is -3.10. The van der Waals surface area contributed by atoms with Crippen molar-refractivity contribution in [1.82, 2.24) is 0 Å². The molecule has 1 N–H and O–H groups in total. The zero-order valence-corrected chi connectivity index (χ0v) is 15.0. The lowest BCUT2D eigenvalue weighted by Gasteiger charge is -2.14. The van der Waals surface area contributed by atoms with Gasteiger partial charge in [-0.3, -0.25) is 4.79 Å². The Hall–Kier alpha value is -3.41. The van der Waals surface area contributed by atoms with Crippen LogP contribution in [0.15, 0.2) is 84.6 Å². The van der Waals surface area contributed by atoms with Crippen molar-refractivity contribution in [3.63, 3.8) is 0 Å². The molecule has 2 nitrogen and oxygen atoms in total. The quantitative estimate of drug-likeness (QED) is 0.423. The van der Waals surface area contributed by atoms with Gasteiger partial charge in [-0.1, -0.05) is 48.5 Å². The molecule has 3 aromatic carbocycles. The molecule has 1 aliphatic carbocycles. The van der Waals surface area contributed by atoms with Gasteiger partial charge in [0.15, 0.2) is 5.78 Å². The van der Waals surface area contributed by atoms with Gasteiger partial charge in [0.25, 0.3) is 0 Å². The van der Waals surface area contributed by atoms with Crippen LogP contribution in [0.3, 0.4) is 0 Å². The van der Waals surface area contributed by atoms with Gasteiger partial charge in [0.05, 0.1) is 11.1 Å². The minimum absolute atomic E-state index is 0.00144. The number of carbonyl (C=O) groups is 1. The van der Waals surface area contributed by atoms with Gasteiger partial charge >= 0.3 is 6.18 Å². The van der Waals surface area contributed by atoms with Crippen molar-refractivity contribution in [2.45, 2.75) is 12.1 Å². The van der Waals surface area contributed by atoms with E-state index in [1.807, 2.05) is 30.3 Å². The highest BCUT2D eigenvalue weighted by atomic mass is 19.4. The van der Waals surface area contributed by atoms with E-state index < -0.39 is 29.3 Å². The number of allylic oxidation sites excluding steroid dienone is 1. The number of carbonyl (C=O) groups excluding carboxylic acids is 1. The second-order valence-electron chi connectivity index (χ2n) is 6.70. The Balaban J connectivity index is 1.76. The summed E-state index contributed by atoms with van der Waals surface area (Å²) < 4.78 is 53.2. The molecule has 0 aliphatic heterocycles. The summed E-state index contributed by atoms with van der Waals surface area (Å²) in [5.74, 6) is -1.60. The summed E-state index contributed by atoms with van der Waals surface area (Å²) in [6, 6.07) is 18.3. The minimum atomic E-state index is -4.47. The minimum Gasteiger partial charge on any atom is -0.361 e. The Kier molecular flexibility index (Phi) is 4.70. The maximum absolute atomic E-state index is 14.4. The van der Waals surface area contributed by atoms with Crippen LogP contribution >= 0.6 is 0 Å². The molecule has 0 heterocycles. The van der Waals surface area contributed by atoms with E-state index in [0.29, 0.717) is 5.56 Å². The first-order valence-corrected chi connectivity index (χ1v) is 8.88. The van der Waals surface area contributed by atoms with E-state index in [2.05, 4.69) is 5.32 Å². The number of benzene rings is 3. The number of anilines is 1. The molecule has 1 unspecified atom stereocenters. The summed E-state index contributed by atoms with van der Waals surface area (Å²) in [7, 11) is 0. The fourth-order valence-electron chi connectivity index (χ4n) is 3.56. The number of nitrogens with one attached hydrogen (secondary N) is 1. The van der Waals surface area contributed by atoms with Crippen LogP contribution in [0.2, 0.25) is 0 Å². The van der Waals surface area contributed by atoms with Gasteiger partial charge in [-0.2, -0.15) is 13.2 Å². The first kappa shape index (κ1) is 18.9. The molecule has 1 aliphatic rings. The van der Waals surface area contributed by atoms with E-state index in [1.54, 1.807) is 12.1 Å². The number of fused-ring (bicyclic) bond motifs is 1. The lowest BCUT2D eigenvalue weighted by atomic mass is 9.90. The molecule has 1 atom stereocenters. The molecule has 0 aromatic heterocycles.